The molecule has 0 spiro atoms. The summed E-state index contributed by atoms with van der Waals surface area (Å²) in [6, 6.07) is 5.77. The number of fused-ring (bicyclic) bond motifs is 1. The summed E-state index contributed by atoms with van der Waals surface area (Å²) in [5, 5.41) is 0. The predicted molar refractivity (Wildman–Crippen MR) is 67.9 cm³/mol. The van der Waals surface area contributed by atoms with Crippen molar-refractivity contribution in [1.29, 1.82) is 0 Å². The smallest absolute Gasteiger partial charge is 0.327 e. The van der Waals surface area contributed by atoms with E-state index in [9.17, 15) is 0 Å². The van der Waals surface area contributed by atoms with Crippen LogP contribution >= 0.6 is 0 Å². The monoisotopic (exact) mass is 252 g/mol. The Bertz CT molecular complexity index is 397. The highest BCUT2D eigenvalue weighted by atomic mass is 16.9. The molecule has 2 rings (SSSR count). The Balaban J connectivity index is 2.27. The van der Waals surface area contributed by atoms with Crippen molar-refractivity contribution in [1.82, 2.24) is 0 Å². The first-order valence-electron chi connectivity index (χ1n) is 6.37. The average Bonchev–Trinajstić information content (AvgIpc) is 2.38. The molecule has 0 fully saturated rings. The van der Waals surface area contributed by atoms with Crippen LogP contribution in [-0.2, 0) is 15.9 Å². The number of hydrogen-bond donors (Lipinski definition) is 0. The minimum Gasteiger partial charge on any atom is -0.496 e. The molecule has 0 aliphatic carbocycles. The van der Waals surface area contributed by atoms with E-state index in [2.05, 4.69) is 0 Å². The zero-order chi connectivity index (χ0) is 13.0. The van der Waals surface area contributed by atoms with Gasteiger partial charge in [0.15, 0.2) is 0 Å². The fraction of sp³-hybridized carbons (Fsp3) is 0.571. The quantitative estimate of drug-likeness (QED) is 0.755. The number of benzene rings is 1. The molecule has 1 aromatic carbocycles. The highest BCUT2D eigenvalue weighted by Gasteiger charge is 2.39. The highest BCUT2D eigenvalue weighted by molar-refractivity contribution is 5.46. The molecule has 0 atom stereocenters. The normalized spacial score (nSPS) is 16.8. The van der Waals surface area contributed by atoms with Gasteiger partial charge in [-0.05, 0) is 32.4 Å². The average molecular weight is 252 g/mol. The van der Waals surface area contributed by atoms with E-state index < -0.39 is 5.97 Å². The Labute approximate surface area is 108 Å². The second-order valence-electron chi connectivity index (χ2n) is 4.09. The maximum Gasteiger partial charge on any atom is 0.327 e. The number of methoxy groups -OCH3 is 1. The van der Waals surface area contributed by atoms with E-state index >= 15 is 0 Å². The summed E-state index contributed by atoms with van der Waals surface area (Å²) in [4.78, 5) is 0. The van der Waals surface area contributed by atoms with Crippen LogP contribution in [0.2, 0.25) is 0 Å². The third-order valence-corrected chi connectivity index (χ3v) is 2.99. The Morgan fingerprint density at radius 1 is 1.22 bits per heavy atom. The van der Waals surface area contributed by atoms with Crippen LogP contribution in [-0.4, -0.2) is 26.3 Å². The molecule has 4 nitrogen and oxygen atoms in total. The molecule has 0 saturated heterocycles. The van der Waals surface area contributed by atoms with Crippen LogP contribution in [0.15, 0.2) is 18.2 Å². The molecule has 0 N–H and O–H groups in total. The third kappa shape index (κ3) is 2.44. The molecule has 1 aliphatic heterocycles. The van der Waals surface area contributed by atoms with E-state index in [1.54, 1.807) is 7.11 Å². The third-order valence-electron chi connectivity index (χ3n) is 2.99. The predicted octanol–water partition coefficient (Wildman–Crippen LogP) is 2.75. The summed E-state index contributed by atoms with van der Waals surface area (Å²) in [5.41, 5.74) is 1.08. The lowest BCUT2D eigenvalue weighted by molar-refractivity contribution is -0.347. The Morgan fingerprint density at radius 2 is 1.94 bits per heavy atom. The molecule has 18 heavy (non-hydrogen) atoms. The summed E-state index contributed by atoms with van der Waals surface area (Å²) in [6.45, 7) is 4.98. The molecule has 0 radical (unpaired) electrons. The van der Waals surface area contributed by atoms with Crippen LogP contribution in [0.5, 0.6) is 11.5 Å². The summed E-state index contributed by atoms with van der Waals surface area (Å²) < 4.78 is 22.6. The van der Waals surface area contributed by atoms with Gasteiger partial charge in [-0.25, -0.2) is 0 Å². The van der Waals surface area contributed by atoms with Gasteiger partial charge in [-0.2, -0.15) is 0 Å². The number of hydrogen-bond acceptors (Lipinski definition) is 4. The molecule has 1 aromatic rings. The Hall–Kier alpha value is -1.26. The molecule has 4 heteroatoms. The van der Waals surface area contributed by atoms with Crippen molar-refractivity contribution >= 4 is 0 Å². The van der Waals surface area contributed by atoms with Crippen molar-refractivity contribution < 1.29 is 18.9 Å². The van der Waals surface area contributed by atoms with E-state index in [1.807, 2.05) is 32.0 Å². The van der Waals surface area contributed by atoms with Crippen molar-refractivity contribution in [2.24, 2.45) is 0 Å². The second-order valence-corrected chi connectivity index (χ2v) is 4.09. The summed E-state index contributed by atoms with van der Waals surface area (Å²) in [7, 11) is 1.67. The van der Waals surface area contributed by atoms with Crippen molar-refractivity contribution in [3.05, 3.63) is 23.8 Å². The SMILES string of the molecule is CCOC1(OCC)CCc2c(OC)cccc2O1. The summed E-state index contributed by atoms with van der Waals surface area (Å²) in [5.74, 6) is 0.694. The first kappa shape index (κ1) is 13.2. The lowest BCUT2D eigenvalue weighted by Crippen LogP contribution is -2.45. The standard InChI is InChI=1S/C14H20O4/c1-4-16-14(17-5-2)10-9-11-12(15-3)7-6-8-13(11)18-14/h6-8H,4-5,9-10H2,1-3H3. The lowest BCUT2D eigenvalue weighted by Gasteiger charge is -2.37. The Kier molecular flexibility index (Phi) is 4.09. The van der Waals surface area contributed by atoms with Crippen LogP contribution in [0.4, 0.5) is 0 Å². The van der Waals surface area contributed by atoms with Crippen LogP contribution in [0.25, 0.3) is 0 Å². The highest BCUT2D eigenvalue weighted by Crippen LogP contribution is 2.39. The maximum absolute atomic E-state index is 5.92. The molecule has 100 valence electrons. The topological polar surface area (TPSA) is 36.9 Å². The van der Waals surface area contributed by atoms with Gasteiger partial charge in [0.25, 0.3) is 0 Å². The Morgan fingerprint density at radius 3 is 2.56 bits per heavy atom. The molecule has 1 heterocycles. The number of ether oxygens (including phenoxy) is 4. The van der Waals surface area contributed by atoms with Gasteiger partial charge in [0.05, 0.1) is 20.3 Å². The summed E-state index contributed by atoms with van der Waals surface area (Å²) in [6.07, 6.45) is 1.49. The van der Waals surface area contributed by atoms with Crippen molar-refractivity contribution in [3.8, 4) is 11.5 Å². The zero-order valence-electron chi connectivity index (χ0n) is 11.2. The largest absolute Gasteiger partial charge is 0.496 e. The van der Waals surface area contributed by atoms with Crippen LogP contribution in [0, 0.1) is 0 Å². The summed E-state index contributed by atoms with van der Waals surface area (Å²) >= 11 is 0. The van der Waals surface area contributed by atoms with Crippen LogP contribution < -0.4 is 9.47 Å². The van der Waals surface area contributed by atoms with Gasteiger partial charge in [-0.1, -0.05) is 6.07 Å². The van der Waals surface area contributed by atoms with Gasteiger partial charge in [-0.3, -0.25) is 0 Å². The minimum atomic E-state index is -0.942. The van der Waals surface area contributed by atoms with Crippen molar-refractivity contribution in [2.75, 3.05) is 20.3 Å². The number of rotatable bonds is 5. The zero-order valence-corrected chi connectivity index (χ0v) is 11.2. The van der Waals surface area contributed by atoms with Gasteiger partial charge in [0, 0.05) is 12.0 Å². The molecular weight excluding hydrogens is 232 g/mol. The van der Waals surface area contributed by atoms with Gasteiger partial charge < -0.3 is 18.9 Å². The molecule has 0 amide bonds. The molecular formula is C14H20O4. The lowest BCUT2D eigenvalue weighted by atomic mass is 10.0. The maximum atomic E-state index is 5.92. The first-order chi connectivity index (χ1) is 8.74. The molecule has 0 aromatic heterocycles. The van der Waals surface area contributed by atoms with Gasteiger partial charge in [0.2, 0.25) is 0 Å². The van der Waals surface area contributed by atoms with E-state index in [1.165, 1.54) is 0 Å². The van der Waals surface area contributed by atoms with Crippen LogP contribution in [0.3, 0.4) is 0 Å². The molecule has 0 bridgehead atoms. The van der Waals surface area contributed by atoms with Gasteiger partial charge >= 0.3 is 5.97 Å². The van der Waals surface area contributed by atoms with E-state index in [4.69, 9.17) is 18.9 Å². The van der Waals surface area contributed by atoms with Crippen molar-refractivity contribution in [3.63, 3.8) is 0 Å². The molecule has 0 saturated carbocycles. The van der Waals surface area contributed by atoms with Crippen LogP contribution in [0.1, 0.15) is 25.8 Å². The van der Waals surface area contributed by atoms with Crippen molar-refractivity contribution in [2.45, 2.75) is 32.7 Å². The van der Waals surface area contributed by atoms with E-state index in [-0.39, 0.29) is 0 Å². The molecule has 0 unspecified atom stereocenters. The fourth-order valence-electron chi connectivity index (χ4n) is 2.26. The van der Waals surface area contributed by atoms with E-state index in [0.29, 0.717) is 19.6 Å². The second kappa shape index (κ2) is 5.59. The van der Waals surface area contributed by atoms with Gasteiger partial charge in [-0.15, -0.1) is 0 Å². The first-order valence-corrected chi connectivity index (χ1v) is 6.37. The van der Waals surface area contributed by atoms with Gasteiger partial charge in [0.1, 0.15) is 11.5 Å². The minimum absolute atomic E-state index is 0.555. The van der Waals surface area contributed by atoms with E-state index in [0.717, 1.165) is 23.5 Å². The molecule has 1 aliphatic rings. The fourth-order valence-corrected chi connectivity index (χ4v) is 2.26.